The third kappa shape index (κ3) is 3.31. The number of halogens is 2. The summed E-state index contributed by atoms with van der Waals surface area (Å²) in [4.78, 5) is 4.33. The molecule has 2 rings (SSSR count). The van der Waals surface area contributed by atoms with E-state index in [-0.39, 0.29) is 0 Å². The fourth-order valence-electron chi connectivity index (χ4n) is 1.24. The van der Waals surface area contributed by atoms with Crippen molar-refractivity contribution in [3.8, 4) is 5.75 Å². The average molecular weight is 437 g/mol. The predicted molar refractivity (Wildman–Crippen MR) is 80.4 cm³/mol. The van der Waals surface area contributed by atoms with E-state index in [0.717, 1.165) is 18.7 Å². The average Bonchev–Trinajstić information content (AvgIpc) is 2.29. The number of ether oxygens (including phenoxy) is 1. The minimum Gasteiger partial charge on any atom is -0.486 e. The van der Waals surface area contributed by atoms with Crippen LogP contribution in [0.1, 0.15) is 5.56 Å². The van der Waals surface area contributed by atoms with E-state index in [1.165, 1.54) is 0 Å². The van der Waals surface area contributed by atoms with Gasteiger partial charge in [-0.2, -0.15) is 0 Å². The standard InChI is InChI=1S/C12H9I2NO/c13-11-7-6-10(12(14)15-11)16-8-9-4-2-1-3-5-9/h1-7H,8H2. The highest BCUT2D eigenvalue weighted by atomic mass is 127. The van der Waals surface area contributed by atoms with Crippen LogP contribution >= 0.6 is 45.2 Å². The summed E-state index contributed by atoms with van der Waals surface area (Å²) in [6.45, 7) is 0.582. The minimum absolute atomic E-state index is 0.582. The second-order valence-electron chi connectivity index (χ2n) is 3.20. The number of rotatable bonds is 3. The maximum absolute atomic E-state index is 5.70. The molecule has 0 atom stereocenters. The number of hydrogen-bond donors (Lipinski definition) is 0. The van der Waals surface area contributed by atoms with Gasteiger partial charge in [0.2, 0.25) is 0 Å². The lowest BCUT2D eigenvalue weighted by atomic mass is 10.2. The zero-order valence-electron chi connectivity index (χ0n) is 8.36. The summed E-state index contributed by atoms with van der Waals surface area (Å²) >= 11 is 4.38. The lowest BCUT2D eigenvalue weighted by molar-refractivity contribution is 0.302. The number of hydrogen-bond acceptors (Lipinski definition) is 2. The molecule has 1 heterocycles. The first-order valence-electron chi connectivity index (χ1n) is 4.74. The monoisotopic (exact) mass is 437 g/mol. The van der Waals surface area contributed by atoms with Crippen molar-refractivity contribution in [1.29, 1.82) is 0 Å². The smallest absolute Gasteiger partial charge is 0.151 e. The molecule has 1 aromatic carbocycles. The summed E-state index contributed by atoms with van der Waals surface area (Å²) in [6, 6.07) is 14.0. The number of benzene rings is 1. The second-order valence-corrected chi connectivity index (χ2v) is 5.32. The Bertz CT molecular complexity index is 474. The van der Waals surface area contributed by atoms with Gasteiger partial charge in [0.15, 0.2) is 5.75 Å². The summed E-state index contributed by atoms with van der Waals surface area (Å²) in [6.07, 6.45) is 0. The van der Waals surface area contributed by atoms with Crippen LogP contribution in [0, 0.1) is 7.40 Å². The molecule has 0 spiro atoms. The van der Waals surface area contributed by atoms with Gasteiger partial charge in [0.05, 0.1) is 0 Å². The molecule has 2 aromatic rings. The molecular weight excluding hydrogens is 428 g/mol. The third-order valence-electron chi connectivity index (χ3n) is 2.02. The molecule has 0 aliphatic carbocycles. The topological polar surface area (TPSA) is 22.1 Å². The zero-order valence-corrected chi connectivity index (χ0v) is 12.7. The number of aromatic nitrogens is 1. The van der Waals surface area contributed by atoms with E-state index in [4.69, 9.17) is 4.74 Å². The molecule has 0 fully saturated rings. The molecule has 1 aromatic heterocycles. The largest absolute Gasteiger partial charge is 0.486 e. The molecule has 0 radical (unpaired) electrons. The van der Waals surface area contributed by atoms with Gasteiger partial charge in [-0.05, 0) is 62.9 Å². The Morgan fingerprint density at radius 3 is 2.44 bits per heavy atom. The van der Waals surface area contributed by atoms with Crippen LogP contribution in [0.2, 0.25) is 0 Å². The second kappa shape index (κ2) is 5.81. The Balaban J connectivity index is 2.05. The van der Waals surface area contributed by atoms with Gasteiger partial charge in [-0.25, -0.2) is 4.98 Å². The van der Waals surface area contributed by atoms with Crippen LogP contribution in [0.25, 0.3) is 0 Å². The van der Waals surface area contributed by atoms with Crippen molar-refractivity contribution in [1.82, 2.24) is 4.98 Å². The van der Waals surface area contributed by atoms with Gasteiger partial charge in [0.1, 0.15) is 14.0 Å². The molecule has 4 heteroatoms. The van der Waals surface area contributed by atoms with Crippen molar-refractivity contribution >= 4 is 45.2 Å². The Morgan fingerprint density at radius 1 is 1.00 bits per heavy atom. The number of nitrogens with zero attached hydrogens (tertiary/aromatic N) is 1. The summed E-state index contributed by atoms with van der Waals surface area (Å²) in [5, 5.41) is 0. The highest BCUT2D eigenvalue weighted by Crippen LogP contribution is 2.20. The SMILES string of the molecule is Ic1ccc(OCc2ccccc2)c(I)n1. The molecule has 0 aliphatic rings. The fourth-order valence-corrected chi connectivity index (χ4v) is 2.72. The van der Waals surface area contributed by atoms with E-state index >= 15 is 0 Å². The van der Waals surface area contributed by atoms with Gasteiger partial charge < -0.3 is 4.74 Å². The Hall–Kier alpha value is -0.370. The Morgan fingerprint density at radius 2 is 1.75 bits per heavy atom. The third-order valence-corrected chi connectivity index (χ3v) is 3.39. The highest BCUT2D eigenvalue weighted by molar-refractivity contribution is 14.1. The molecule has 82 valence electrons. The van der Waals surface area contributed by atoms with E-state index in [9.17, 15) is 0 Å². The van der Waals surface area contributed by atoms with Gasteiger partial charge in [-0.3, -0.25) is 0 Å². The normalized spacial score (nSPS) is 10.1. The van der Waals surface area contributed by atoms with Crippen molar-refractivity contribution in [3.63, 3.8) is 0 Å². The van der Waals surface area contributed by atoms with E-state index in [2.05, 4.69) is 50.2 Å². The molecule has 0 N–H and O–H groups in total. The van der Waals surface area contributed by atoms with Crippen LogP contribution in [0.15, 0.2) is 42.5 Å². The first-order chi connectivity index (χ1) is 7.75. The predicted octanol–water partition coefficient (Wildman–Crippen LogP) is 3.87. The molecule has 2 nitrogen and oxygen atoms in total. The maximum atomic E-state index is 5.70. The fraction of sp³-hybridized carbons (Fsp3) is 0.0833. The van der Waals surface area contributed by atoms with Crippen LogP contribution in [-0.2, 0) is 6.61 Å². The lowest BCUT2D eigenvalue weighted by Crippen LogP contribution is -1.98. The zero-order chi connectivity index (χ0) is 11.4. The molecule has 0 bridgehead atoms. The molecule has 0 saturated carbocycles. The van der Waals surface area contributed by atoms with Crippen molar-refractivity contribution < 1.29 is 4.74 Å². The Kier molecular flexibility index (Phi) is 4.39. The molecule has 0 saturated heterocycles. The molecular formula is C12H9I2NO. The summed E-state index contributed by atoms with van der Waals surface area (Å²) in [7, 11) is 0. The van der Waals surface area contributed by atoms with Gasteiger partial charge >= 0.3 is 0 Å². The van der Waals surface area contributed by atoms with Crippen LogP contribution in [0.3, 0.4) is 0 Å². The Labute approximate surface area is 122 Å². The molecule has 0 aliphatic heterocycles. The lowest BCUT2D eigenvalue weighted by Gasteiger charge is -2.07. The van der Waals surface area contributed by atoms with E-state index in [1.54, 1.807) is 0 Å². The first kappa shape index (κ1) is 12.1. The van der Waals surface area contributed by atoms with Crippen molar-refractivity contribution in [3.05, 3.63) is 55.4 Å². The quantitative estimate of drug-likeness (QED) is 0.538. The van der Waals surface area contributed by atoms with E-state index in [1.807, 2.05) is 42.5 Å². The van der Waals surface area contributed by atoms with Crippen LogP contribution < -0.4 is 4.74 Å². The van der Waals surface area contributed by atoms with Gasteiger partial charge in [0, 0.05) is 0 Å². The van der Waals surface area contributed by atoms with E-state index in [0.29, 0.717) is 6.61 Å². The molecule has 0 unspecified atom stereocenters. The highest BCUT2D eigenvalue weighted by Gasteiger charge is 2.03. The van der Waals surface area contributed by atoms with E-state index < -0.39 is 0 Å². The first-order valence-corrected chi connectivity index (χ1v) is 6.90. The van der Waals surface area contributed by atoms with Crippen LogP contribution in [0.5, 0.6) is 5.75 Å². The summed E-state index contributed by atoms with van der Waals surface area (Å²) in [5.41, 5.74) is 1.16. The van der Waals surface area contributed by atoms with Crippen LogP contribution in [0.4, 0.5) is 0 Å². The summed E-state index contributed by atoms with van der Waals surface area (Å²) < 4.78 is 7.59. The van der Waals surface area contributed by atoms with Gasteiger partial charge in [-0.15, -0.1) is 0 Å². The summed E-state index contributed by atoms with van der Waals surface area (Å²) in [5.74, 6) is 0.838. The van der Waals surface area contributed by atoms with Crippen molar-refractivity contribution in [2.75, 3.05) is 0 Å². The van der Waals surface area contributed by atoms with Crippen LogP contribution in [-0.4, -0.2) is 4.98 Å². The molecule has 0 amide bonds. The van der Waals surface area contributed by atoms with Gasteiger partial charge in [-0.1, -0.05) is 30.3 Å². The van der Waals surface area contributed by atoms with Crippen molar-refractivity contribution in [2.24, 2.45) is 0 Å². The molecule has 16 heavy (non-hydrogen) atoms. The van der Waals surface area contributed by atoms with Crippen molar-refractivity contribution in [2.45, 2.75) is 6.61 Å². The number of pyridine rings is 1. The minimum atomic E-state index is 0.582. The maximum Gasteiger partial charge on any atom is 0.151 e. The van der Waals surface area contributed by atoms with Gasteiger partial charge in [0.25, 0.3) is 0 Å².